The smallest absolute Gasteiger partial charge is 0.127 e. The second-order valence-corrected chi connectivity index (χ2v) is 3.67. The third kappa shape index (κ3) is 1.77. The van der Waals surface area contributed by atoms with Crippen molar-refractivity contribution in [3.05, 3.63) is 35.2 Å². The normalized spacial score (nSPS) is 10.1. The summed E-state index contributed by atoms with van der Waals surface area (Å²) >= 11 is 3.35. The van der Waals surface area contributed by atoms with E-state index >= 15 is 0 Å². The number of hydrogen-bond acceptors (Lipinski definition) is 3. The quantitative estimate of drug-likeness (QED) is 0.890. The Morgan fingerprint density at radius 2 is 2.36 bits per heavy atom. The van der Waals surface area contributed by atoms with Gasteiger partial charge in [-0.25, -0.2) is 9.67 Å². The summed E-state index contributed by atoms with van der Waals surface area (Å²) in [4.78, 5) is 4.13. The van der Waals surface area contributed by atoms with E-state index in [1.54, 1.807) is 17.1 Å². The van der Waals surface area contributed by atoms with Crippen LogP contribution in [0, 0.1) is 0 Å². The first-order valence-corrected chi connectivity index (χ1v) is 4.93. The van der Waals surface area contributed by atoms with E-state index in [0.29, 0.717) is 0 Å². The van der Waals surface area contributed by atoms with Crippen LogP contribution in [-0.2, 0) is 0 Å². The van der Waals surface area contributed by atoms with Gasteiger partial charge in [-0.15, -0.1) is 0 Å². The van der Waals surface area contributed by atoms with Crippen molar-refractivity contribution in [1.29, 1.82) is 0 Å². The van der Waals surface area contributed by atoms with Crippen LogP contribution in [0.4, 0.5) is 5.82 Å². The summed E-state index contributed by atoms with van der Waals surface area (Å²) in [6, 6.07) is 3.83. The Morgan fingerprint density at radius 1 is 1.50 bits per heavy atom. The summed E-state index contributed by atoms with van der Waals surface area (Å²) in [5.74, 6) is 0.828. The molecule has 0 radical (unpaired) electrons. The summed E-state index contributed by atoms with van der Waals surface area (Å²) < 4.78 is 2.74. The van der Waals surface area contributed by atoms with Crippen molar-refractivity contribution in [2.75, 3.05) is 12.4 Å². The van der Waals surface area contributed by atoms with Crippen LogP contribution in [0.25, 0.3) is 5.69 Å². The van der Waals surface area contributed by atoms with Gasteiger partial charge in [0.1, 0.15) is 5.82 Å². The number of nitrogens with one attached hydrogen (secondary N) is 1. The Labute approximate surface area is 90.1 Å². The number of halogens is 1. The van der Waals surface area contributed by atoms with Crippen molar-refractivity contribution in [3.8, 4) is 5.69 Å². The van der Waals surface area contributed by atoms with Gasteiger partial charge < -0.3 is 5.32 Å². The van der Waals surface area contributed by atoms with Crippen molar-refractivity contribution >= 4 is 21.7 Å². The molecule has 2 aromatic rings. The van der Waals surface area contributed by atoms with Gasteiger partial charge in [0, 0.05) is 25.5 Å². The molecule has 0 saturated carbocycles. The van der Waals surface area contributed by atoms with E-state index < -0.39 is 0 Å². The zero-order valence-corrected chi connectivity index (χ0v) is 9.19. The molecule has 72 valence electrons. The molecule has 0 amide bonds. The van der Waals surface area contributed by atoms with Crippen molar-refractivity contribution in [1.82, 2.24) is 14.8 Å². The highest BCUT2D eigenvalue weighted by molar-refractivity contribution is 9.10. The molecule has 0 unspecified atom stereocenters. The molecule has 2 rings (SSSR count). The van der Waals surface area contributed by atoms with Crippen LogP contribution >= 0.6 is 15.9 Å². The first-order chi connectivity index (χ1) is 6.79. The highest BCUT2D eigenvalue weighted by atomic mass is 79.9. The van der Waals surface area contributed by atoms with Crippen LogP contribution in [0.1, 0.15) is 0 Å². The van der Waals surface area contributed by atoms with E-state index in [-0.39, 0.29) is 0 Å². The fraction of sp³-hybridized carbons (Fsp3) is 0.111. The summed E-state index contributed by atoms with van der Waals surface area (Å²) in [6.07, 6.45) is 5.39. The van der Waals surface area contributed by atoms with E-state index in [0.717, 1.165) is 16.0 Å². The molecule has 0 spiro atoms. The standard InChI is InChI=1S/C9H9BrN4/c1-11-9-4-8(2-3-12-9)14-6-7(10)5-13-14/h2-6H,1H3,(H,11,12). The second-order valence-electron chi connectivity index (χ2n) is 2.75. The van der Waals surface area contributed by atoms with Gasteiger partial charge in [-0.05, 0) is 22.0 Å². The number of pyridine rings is 1. The highest BCUT2D eigenvalue weighted by Crippen LogP contribution is 2.14. The van der Waals surface area contributed by atoms with E-state index in [4.69, 9.17) is 0 Å². The van der Waals surface area contributed by atoms with Gasteiger partial charge in [-0.2, -0.15) is 5.10 Å². The molecule has 2 heterocycles. The third-order valence-electron chi connectivity index (χ3n) is 1.82. The molecular formula is C9H9BrN4. The van der Waals surface area contributed by atoms with Gasteiger partial charge in [-0.3, -0.25) is 0 Å². The van der Waals surface area contributed by atoms with Gasteiger partial charge in [0.25, 0.3) is 0 Å². The molecule has 0 saturated heterocycles. The van der Waals surface area contributed by atoms with Gasteiger partial charge >= 0.3 is 0 Å². The van der Waals surface area contributed by atoms with E-state index in [1.165, 1.54) is 0 Å². The number of nitrogens with zero attached hydrogens (tertiary/aromatic N) is 3. The molecule has 0 aromatic carbocycles. The molecule has 2 aromatic heterocycles. The lowest BCUT2D eigenvalue weighted by atomic mass is 10.4. The Hall–Kier alpha value is -1.36. The van der Waals surface area contributed by atoms with Gasteiger partial charge in [-0.1, -0.05) is 0 Å². The van der Waals surface area contributed by atoms with Crippen molar-refractivity contribution in [2.24, 2.45) is 0 Å². The molecule has 5 heteroatoms. The number of aromatic nitrogens is 3. The Bertz CT molecular complexity index is 438. The molecule has 0 bridgehead atoms. The fourth-order valence-electron chi connectivity index (χ4n) is 1.14. The van der Waals surface area contributed by atoms with Crippen LogP contribution < -0.4 is 5.32 Å². The second kappa shape index (κ2) is 3.79. The minimum absolute atomic E-state index is 0.828. The molecule has 14 heavy (non-hydrogen) atoms. The topological polar surface area (TPSA) is 42.7 Å². The maximum atomic E-state index is 4.18. The minimum Gasteiger partial charge on any atom is -0.373 e. The van der Waals surface area contributed by atoms with Gasteiger partial charge in [0.15, 0.2) is 0 Å². The number of anilines is 1. The first kappa shape index (κ1) is 9.21. The van der Waals surface area contributed by atoms with E-state index in [9.17, 15) is 0 Å². The van der Waals surface area contributed by atoms with E-state index in [1.807, 2.05) is 25.4 Å². The molecule has 0 atom stereocenters. The Balaban J connectivity index is 2.41. The summed E-state index contributed by atoms with van der Waals surface area (Å²) in [5.41, 5.74) is 0.982. The van der Waals surface area contributed by atoms with Crippen LogP contribution in [0.3, 0.4) is 0 Å². The predicted molar refractivity (Wildman–Crippen MR) is 58.6 cm³/mol. The average molecular weight is 253 g/mol. The number of hydrogen-bond donors (Lipinski definition) is 1. The van der Waals surface area contributed by atoms with Gasteiger partial charge in [0.2, 0.25) is 0 Å². The van der Waals surface area contributed by atoms with Crippen molar-refractivity contribution in [3.63, 3.8) is 0 Å². The van der Waals surface area contributed by atoms with Gasteiger partial charge in [0.05, 0.1) is 16.4 Å². The summed E-state index contributed by atoms with van der Waals surface area (Å²) in [6.45, 7) is 0. The zero-order chi connectivity index (χ0) is 9.97. The van der Waals surface area contributed by atoms with Crippen LogP contribution in [-0.4, -0.2) is 21.8 Å². The average Bonchev–Trinajstić information content (AvgIpc) is 2.65. The first-order valence-electron chi connectivity index (χ1n) is 4.14. The van der Waals surface area contributed by atoms with Crippen molar-refractivity contribution < 1.29 is 0 Å². The Kier molecular flexibility index (Phi) is 2.49. The lowest BCUT2D eigenvalue weighted by molar-refractivity contribution is 0.878. The maximum Gasteiger partial charge on any atom is 0.127 e. The molecule has 4 nitrogen and oxygen atoms in total. The molecule has 0 aliphatic rings. The zero-order valence-electron chi connectivity index (χ0n) is 7.61. The Morgan fingerprint density at radius 3 is 3.00 bits per heavy atom. The third-order valence-corrected chi connectivity index (χ3v) is 2.22. The number of rotatable bonds is 2. The molecule has 0 fully saturated rings. The largest absolute Gasteiger partial charge is 0.373 e. The minimum atomic E-state index is 0.828. The molecule has 0 aliphatic carbocycles. The fourth-order valence-corrected chi connectivity index (χ4v) is 1.43. The SMILES string of the molecule is CNc1cc(-n2cc(Br)cn2)ccn1. The van der Waals surface area contributed by atoms with E-state index in [2.05, 4.69) is 31.3 Å². The highest BCUT2D eigenvalue weighted by Gasteiger charge is 1.99. The predicted octanol–water partition coefficient (Wildman–Crippen LogP) is 2.07. The lowest BCUT2D eigenvalue weighted by Crippen LogP contribution is -1.97. The van der Waals surface area contributed by atoms with Crippen molar-refractivity contribution in [2.45, 2.75) is 0 Å². The monoisotopic (exact) mass is 252 g/mol. The molecule has 1 N–H and O–H groups in total. The lowest BCUT2D eigenvalue weighted by Gasteiger charge is -2.03. The summed E-state index contributed by atoms with van der Waals surface area (Å²) in [5, 5.41) is 7.16. The molecular weight excluding hydrogens is 244 g/mol. The maximum absolute atomic E-state index is 4.18. The van der Waals surface area contributed by atoms with Crippen LogP contribution in [0.15, 0.2) is 35.2 Å². The van der Waals surface area contributed by atoms with Crippen LogP contribution in [0.2, 0.25) is 0 Å². The van der Waals surface area contributed by atoms with Crippen LogP contribution in [0.5, 0.6) is 0 Å². The molecule has 0 aliphatic heterocycles. The summed E-state index contributed by atoms with van der Waals surface area (Å²) in [7, 11) is 1.84.